The Balaban J connectivity index is 1.44. The summed E-state index contributed by atoms with van der Waals surface area (Å²) in [5, 5.41) is 5.77. The standard InChI is InChI=1S/C20H25F2N5O/c1-14-10-23-11-15(25-14)7-8-24-20(28)26-16-4-3-9-27(12-16)13-17-18(21)5-2-6-19(17)22/h2,5-6,10-11,16H,3-4,7-9,12-13H2,1H3,(H2,24,26,28). The number of nitrogens with one attached hydrogen (secondary N) is 2. The average molecular weight is 389 g/mol. The smallest absolute Gasteiger partial charge is 0.315 e. The number of halogens is 2. The fraction of sp³-hybridized carbons (Fsp3) is 0.450. The van der Waals surface area contributed by atoms with Gasteiger partial charge in [0.15, 0.2) is 0 Å². The fourth-order valence-electron chi connectivity index (χ4n) is 3.40. The third-order valence-corrected chi connectivity index (χ3v) is 4.76. The van der Waals surface area contributed by atoms with Crippen LogP contribution in [0.4, 0.5) is 13.6 Å². The number of piperidine rings is 1. The molecule has 2 aromatic rings. The number of aryl methyl sites for hydroxylation is 1. The van der Waals surface area contributed by atoms with Gasteiger partial charge in [-0.25, -0.2) is 13.6 Å². The quantitative estimate of drug-likeness (QED) is 0.797. The van der Waals surface area contributed by atoms with Gasteiger partial charge in [0.2, 0.25) is 0 Å². The zero-order chi connectivity index (χ0) is 19.9. The van der Waals surface area contributed by atoms with Crippen LogP contribution in [0.25, 0.3) is 0 Å². The molecule has 1 aromatic heterocycles. The number of rotatable bonds is 6. The van der Waals surface area contributed by atoms with Crippen LogP contribution in [0.5, 0.6) is 0 Å². The van der Waals surface area contributed by atoms with Gasteiger partial charge in [0.25, 0.3) is 0 Å². The van der Waals surface area contributed by atoms with E-state index in [1.165, 1.54) is 18.2 Å². The molecule has 0 saturated carbocycles. The topological polar surface area (TPSA) is 70.2 Å². The van der Waals surface area contributed by atoms with Gasteiger partial charge in [0, 0.05) is 50.1 Å². The fourth-order valence-corrected chi connectivity index (χ4v) is 3.40. The molecule has 1 aromatic carbocycles. The van der Waals surface area contributed by atoms with Crippen LogP contribution in [0.3, 0.4) is 0 Å². The molecule has 2 N–H and O–H groups in total. The van der Waals surface area contributed by atoms with E-state index < -0.39 is 11.6 Å². The van der Waals surface area contributed by atoms with Crippen molar-refractivity contribution in [2.75, 3.05) is 19.6 Å². The van der Waals surface area contributed by atoms with Crippen LogP contribution >= 0.6 is 0 Å². The van der Waals surface area contributed by atoms with Gasteiger partial charge in [-0.15, -0.1) is 0 Å². The predicted molar refractivity (Wildman–Crippen MR) is 102 cm³/mol. The van der Waals surface area contributed by atoms with Gasteiger partial charge >= 0.3 is 6.03 Å². The lowest BCUT2D eigenvalue weighted by molar-refractivity contribution is 0.177. The summed E-state index contributed by atoms with van der Waals surface area (Å²) in [6.07, 6.45) is 5.68. The maximum Gasteiger partial charge on any atom is 0.315 e. The van der Waals surface area contributed by atoms with Crippen molar-refractivity contribution in [2.45, 2.75) is 38.8 Å². The van der Waals surface area contributed by atoms with Crippen molar-refractivity contribution in [3.05, 3.63) is 59.2 Å². The summed E-state index contributed by atoms with van der Waals surface area (Å²) in [7, 11) is 0. The first-order valence-corrected chi connectivity index (χ1v) is 9.48. The molecule has 1 aliphatic heterocycles. The first-order chi connectivity index (χ1) is 13.5. The summed E-state index contributed by atoms with van der Waals surface area (Å²) in [6.45, 7) is 3.84. The summed E-state index contributed by atoms with van der Waals surface area (Å²) in [6, 6.07) is 3.60. The molecular formula is C20H25F2N5O. The molecular weight excluding hydrogens is 364 g/mol. The Morgan fingerprint density at radius 3 is 2.82 bits per heavy atom. The zero-order valence-corrected chi connectivity index (χ0v) is 15.9. The summed E-state index contributed by atoms with van der Waals surface area (Å²) in [5.74, 6) is -1.07. The van der Waals surface area contributed by atoms with E-state index in [1.54, 1.807) is 12.4 Å². The molecule has 1 fully saturated rings. The van der Waals surface area contributed by atoms with E-state index in [4.69, 9.17) is 0 Å². The summed E-state index contributed by atoms with van der Waals surface area (Å²) in [5.41, 5.74) is 1.75. The second-order valence-electron chi connectivity index (χ2n) is 7.08. The lowest BCUT2D eigenvalue weighted by Crippen LogP contribution is -2.50. The van der Waals surface area contributed by atoms with Crippen LogP contribution < -0.4 is 10.6 Å². The van der Waals surface area contributed by atoms with Crippen molar-refractivity contribution in [2.24, 2.45) is 0 Å². The molecule has 0 aliphatic carbocycles. The molecule has 2 heterocycles. The summed E-state index contributed by atoms with van der Waals surface area (Å²) in [4.78, 5) is 22.5. The minimum absolute atomic E-state index is 0.0534. The molecule has 2 amide bonds. The molecule has 1 atom stereocenters. The number of hydrogen-bond acceptors (Lipinski definition) is 4. The highest BCUT2D eigenvalue weighted by Crippen LogP contribution is 2.18. The number of carbonyl (C=O) groups is 1. The molecule has 150 valence electrons. The van der Waals surface area contributed by atoms with Crippen LogP contribution in [-0.2, 0) is 13.0 Å². The summed E-state index contributed by atoms with van der Waals surface area (Å²) >= 11 is 0. The second-order valence-corrected chi connectivity index (χ2v) is 7.08. The van der Waals surface area contributed by atoms with Crippen molar-refractivity contribution in [3.8, 4) is 0 Å². The van der Waals surface area contributed by atoms with Gasteiger partial charge in [-0.2, -0.15) is 0 Å². The molecule has 1 saturated heterocycles. The maximum absolute atomic E-state index is 13.9. The monoisotopic (exact) mass is 389 g/mol. The number of nitrogens with zero attached hydrogens (tertiary/aromatic N) is 3. The second kappa shape index (κ2) is 9.54. The van der Waals surface area contributed by atoms with E-state index in [9.17, 15) is 13.6 Å². The van der Waals surface area contributed by atoms with Gasteiger partial charge in [0.05, 0.1) is 11.4 Å². The lowest BCUT2D eigenvalue weighted by Gasteiger charge is -2.33. The highest BCUT2D eigenvalue weighted by molar-refractivity contribution is 5.74. The molecule has 8 heteroatoms. The predicted octanol–water partition coefficient (Wildman–Crippen LogP) is 2.57. The van der Waals surface area contributed by atoms with Crippen molar-refractivity contribution < 1.29 is 13.6 Å². The van der Waals surface area contributed by atoms with Crippen molar-refractivity contribution >= 4 is 6.03 Å². The largest absolute Gasteiger partial charge is 0.338 e. The number of carbonyl (C=O) groups excluding carboxylic acids is 1. The molecule has 3 rings (SSSR count). The Kier molecular flexibility index (Phi) is 6.86. The molecule has 28 heavy (non-hydrogen) atoms. The molecule has 0 spiro atoms. The third-order valence-electron chi connectivity index (χ3n) is 4.76. The third kappa shape index (κ3) is 5.69. The van der Waals surface area contributed by atoms with E-state index >= 15 is 0 Å². The molecule has 1 unspecified atom stereocenters. The van der Waals surface area contributed by atoms with Crippen molar-refractivity contribution in [3.63, 3.8) is 0 Å². The Morgan fingerprint density at radius 2 is 2.07 bits per heavy atom. The minimum atomic E-state index is -0.535. The zero-order valence-electron chi connectivity index (χ0n) is 15.9. The first kappa shape index (κ1) is 20.1. The number of aromatic nitrogens is 2. The summed E-state index contributed by atoms with van der Waals surface area (Å²) < 4.78 is 27.7. The minimum Gasteiger partial charge on any atom is -0.338 e. The first-order valence-electron chi connectivity index (χ1n) is 9.48. The molecule has 0 bridgehead atoms. The average Bonchev–Trinajstić information content (AvgIpc) is 2.65. The molecule has 1 aliphatic rings. The number of amides is 2. The van der Waals surface area contributed by atoms with Gasteiger partial charge in [-0.1, -0.05) is 6.07 Å². The van der Waals surface area contributed by atoms with E-state index in [0.29, 0.717) is 19.5 Å². The highest BCUT2D eigenvalue weighted by atomic mass is 19.1. The van der Waals surface area contributed by atoms with E-state index in [-0.39, 0.29) is 24.2 Å². The van der Waals surface area contributed by atoms with Crippen molar-refractivity contribution in [1.29, 1.82) is 0 Å². The van der Waals surface area contributed by atoms with Crippen LogP contribution in [0.1, 0.15) is 29.8 Å². The van der Waals surface area contributed by atoms with E-state index in [2.05, 4.69) is 20.6 Å². The normalized spacial score (nSPS) is 17.3. The highest BCUT2D eigenvalue weighted by Gasteiger charge is 2.23. The Hall–Kier alpha value is -2.61. The van der Waals surface area contributed by atoms with Gasteiger partial charge in [0.1, 0.15) is 11.6 Å². The number of urea groups is 1. The van der Waals surface area contributed by atoms with Crippen LogP contribution in [-0.4, -0.2) is 46.6 Å². The van der Waals surface area contributed by atoms with Crippen molar-refractivity contribution in [1.82, 2.24) is 25.5 Å². The van der Waals surface area contributed by atoms with Gasteiger partial charge in [-0.3, -0.25) is 14.9 Å². The molecule has 6 nitrogen and oxygen atoms in total. The van der Waals surface area contributed by atoms with Crippen LogP contribution in [0.15, 0.2) is 30.6 Å². The Labute approximate surface area is 163 Å². The number of hydrogen-bond donors (Lipinski definition) is 2. The van der Waals surface area contributed by atoms with Crippen LogP contribution in [0, 0.1) is 18.6 Å². The van der Waals surface area contributed by atoms with Crippen LogP contribution in [0.2, 0.25) is 0 Å². The Morgan fingerprint density at radius 1 is 1.29 bits per heavy atom. The maximum atomic E-state index is 13.9. The van der Waals surface area contributed by atoms with E-state index in [0.717, 1.165) is 30.8 Å². The lowest BCUT2D eigenvalue weighted by atomic mass is 10.0. The number of benzene rings is 1. The Bertz CT molecular complexity index is 797. The van der Waals surface area contributed by atoms with Gasteiger partial charge < -0.3 is 10.6 Å². The van der Waals surface area contributed by atoms with E-state index in [1.807, 2.05) is 11.8 Å². The molecule has 0 radical (unpaired) electrons. The van der Waals surface area contributed by atoms with Gasteiger partial charge in [-0.05, 0) is 38.4 Å². The number of likely N-dealkylation sites (tertiary alicyclic amines) is 1. The SMILES string of the molecule is Cc1cncc(CCNC(=O)NC2CCCN(Cc3c(F)cccc3F)C2)n1.